The molecule has 0 bridgehead atoms. The molecular weight excluding hydrogens is 307 g/mol. The Morgan fingerprint density at radius 2 is 2.00 bits per heavy atom. The molecule has 5 nitrogen and oxygen atoms in total. The molecule has 2 aromatic carbocycles. The van der Waals surface area contributed by atoms with Gasteiger partial charge in [0.2, 0.25) is 5.91 Å². The van der Waals surface area contributed by atoms with Crippen molar-refractivity contribution in [3.63, 3.8) is 0 Å². The summed E-state index contributed by atoms with van der Waals surface area (Å²) in [6, 6.07) is 13.4. The van der Waals surface area contributed by atoms with E-state index in [1.807, 2.05) is 35.8 Å². The van der Waals surface area contributed by atoms with Crippen molar-refractivity contribution in [1.29, 1.82) is 0 Å². The number of benzene rings is 2. The van der Waals surface area contributed by atoms with Gasteiger partial charge in [-0.25, -0.2) is 4.39 Å². The number of anilines is 1. The van der Waals surface area contributed by atoms with E-state index in [2.05, 4.69) is 15.5 Å². The predicted molar refractivity (Wildman–Crippen MR) is 89.9 cm³/mol. The third kappa shape index (κ3) is 3.65. The first-order chi connectivity index (χ1) is 11.7. The molecule has 1 N–H and O–H groups in total. The van der Waals surface area contributed by atoms with Crippen molar-refractivity contribution < 1.29 is 9.18 Å². The predicted octanol–water partition coefficient (Wildman–Crippen LogP) is 3.29. The summed E-state index contributed by atoms with van der Waals surface area (Å²) in [7, 11) is 0. The van der Waals surface area contributed by atoms with Gasteiger partial charge in [0.1, 0.15) is 12.1 Å². The molecule has 0 fully saturated rings. The second-order valence-electron chi connectivity index (χ2n) is 5.37. The maximum atomic E-state index is 12.9. The zero-order valence-corrected chi connectivity index (χ0v) is 13.2. The summed E-state index contributed by atoms with van der Waals surface area (Å²) in [5, 5.41) is 10.9. The first kappa shape index (κ1) is 15.9. The van der Waals surface area contributed by atoms with Gasteiger partial charge in [-0.3, -0.25) is 4.79 Å². The Hall–Kier alpha value is -3.02. The lowest BCUT2D eigenvalue weighted by molar-refractivity contribution is -0.115. The number of nitrogens with one attached hydrogen (secondary N) is 1. The molecule has 0 aliphatic carbocycles. The molecule has 6 heteroatoms. The number of carbonyl (C=O) groups is 1. The van der Waals surface area contributed by atoms with E-state index < -0.39 is 0 Å². The van der Waals surface area contributed by atoms with Crippen molar-refractivity contribution in [2.75, 3.05) is 5.32 Å². The van der Waals surface area contributed by atoms with Crippen molar-refractivity contribution in [2.45, 2.75) is 19.9 Å². The summed E-state index contributed by atoms with van der Waals surface area (Å²) in [4.78, 5) is 12.1. The normalized spacial score (nSPS) is 10.6. The molecule has 24 heavy (non-hydrogen) atoms. The minimum absolute atomic E-state index is 0.157. The Morgan fingerprint density at radius 1 is 1.21 bits per heavy atom. The maximum Gasteiger partial charge on any atom is 0.228 e. The standard InChI is InChI=1S/C18H17FN4O/c1-2-23-12-20-22-18(23)14-4-3-5-16(11-14)21-17(24)10-13-6-8-15(19)9-7-13/h3-9,11-12H,2,10H2,1H3,(H,21,24). The summed E-state index contributed by atoms with van der Waals surface area (Å²) in [6.07, 6.45) is 1.87. The van der Waals surface area contributed by atoms with E-state index in [0.717, 1.165) is 23.5 Å². The number of halogens is 1. The Labute approximate surface area is 139 Å². The number of aromatic nitrogens is 3. The summed E-state index contributed by atoms with van der Waals surface area (Å²) < 4.78 is 14.8. The maximum absolute atomic E-state index is 12.9. The van der Waals surface area contributed by atoms with Gasteiger partial charge in [-0.2, -0.15) is 0 Å². The fourth-order valence-corrected chi connectivity index (χ4v) is 2.44. The molecule has 122 valence electrons. The van der Waals surface area contributed by atoms with Gasteiger partial charge in [0, 0.05) is 17.8 Å². The molecule has 0 unspecified atom stereocenters. The van der Waals surface area contributed by atoms with Crippen LogP contribution in [0.2, 0.25) is 0 Å². The highest BCUT2D eigenvalue weighted by Gasteiger charge is 2.09. The van der Waals surface area contributed by atoms with Crippen LogP contribution in [0.1, 0.15) is 12.5 Å². The van der Waals surface area contributed by atoms with E-state index in [-0.39, 0.29) is 18.1 Å². The highest BCUT2D eigenvalue weighted by atomic mass is 19.1. The molecule has 3 aromatic rings. The molecular formula is C18H17FN4O. The van der Waals surface area contributed by atoms with Gasteiger partial charge in [0.25, 0.3) is 0 Å². The van der Waals surface area contributed by atoms with Crippen LogP contribution in [0.4, 0.5) is 10.1 Å². The van der Waals surface area contributed by atoms with E-state index in [9.17, 15) is 9.18 Å². The van der Waals surface area contributed by atoms with Crippen LogP contribution in [-0.2, 0) is 17.8 Å². The first-order valence-corrected chi connectivity index (χ1v) is 7.68. The van der Waals surface area contributed by atoms with Gasteiger partial charge in [0.05, 0.1) is 6.42 Å². The highest BCUT2D eigenvalue weighted by molar-refractivity contribution is 5.92. The molecule has 0 saturated carbocycles. The molecule has 0 aliphatic heterocycles. The van der Waals surface area contributed by atoms with Crippen LogP contribution in [0.5, 0.6) is 0 Å². The van der Waals surface area contributed by atoms with Gasteiger partial charge in [-0.05, 0) is 36.8 Å². The van der Waals surface area contributed by atoms with Crippen LogP contribution in [0.25, 0.3) is 11.4 Å². The molecule has 0 aliphatic rings. The van der Waals surface area contributed by atoms with Crippen LogP contribution in [0.15, 0.2) is 54.9 Å². The lowest BCUT2D eigenvalue weighted by atomic mass is 10.1. The number of hydrogen-bond donors (Lipinski definition) is 1. The number of amides is 1. The second kappa shape index (κ2) is 7.04. The van der Waals surface area contributed by atoms with Gasteiger partial charge >= 0.3 is 0 Å². The lowest BCUT2D eigenvalue weighted by Gasteiger charge is -2.08. The smallest absolute Gasteiger partial charge is 0.228 e. The zero-order chi connectivity index (χ0) is 16.9. The zero-order valence-electron chi connectivity index (χ0n) is 13.2. The van der Waals surface area contributed by atoms with Gasteiger partial charge in [0.15, 0.2) is 5.82 Å². The fourth-order valence-electron chi connectivity index (χ4n) is 2.44. The van der Waals surface area contributed by atoms with E-state index >= 15 is 0 Å². The summed E-state index contributed by atoms with van der Waals surface area (Å²) in [6.45, 7) is 2.78. The summed E-state index contributed by atoms with van der Waals surface area (Å²) in [5.74, 6) is 0.287. The molecule has 0 radical (unpaired) electrons. The third-order valence-electron chi connectivity index (χ3n) is 3.64. The van der Waals surface area contributed by atoms with Gasteiger partial charge in [-0.1, -0.05) is 24.3 Å². The van der Waals surface area contributed by atoms with Crippen molar-refractivity contribution in [1.82, 2.24) is 14.8 Å². The molecule has 1 aromatic heterocycles. The van der Waals surface area contributed by atoms with Gasteiger partial charge < -0.3 is 9.88 Å². The number of nitrogens with zero attached hydrogens (tertiary/aromatic N) is 3. The third-order valence-corrected chi connectivity index (χ3v) is 3.64. The van der Waals surface area contributed by atoms with Crippen LogP contribution >= 0.6 is 0 Å². The quantitative estimate of drug-likeness (QED) is 0.783. The van der Waals surface area contributed by atoms with Crippen LogP contribution in [0, 0.1) is 5.82 Å². The first-order valence-electron chi connectivity index (χ1n) is 7.68. The number of rotatable bonds is 5. The average molecular weight is 324 g/mol. The SMILES string of the molecule is CCn1cnnc1-c1cccc(NC(=O)Cc2ccc(F)cc2)c1. The Balaban J connectivity index is 1.72. The summed E-state index contributed by atoms with van der Waals surface area (Å²) >= 11 is 0. The summed E-state index contributed by atoms with van der Waals surface area (Å²) in [5.41, 5.74) is 2.33. The molecule has 1 amide bonds. The van der Waals surface area contributed by atoms with E-state index in [0.29, 0.717) is 5.69 Å². The van der Waals surface area contributed by atoms with E-state index in [1.54, 1.807) is 18.5 Å². The number of hydrogen-bond acceptors (Lipinski definition) is 3. The Bertz CT molecular complexity index is 842. The molecule has 0 saturated heterocycles. The molecule has 1 heterocycles. The van der Waals surface area contributed by atoms with Crippen molar-refractivity contribution >= 4 is 11.6 Å². The fraction of sp³-hybridized carbons (Fsp3) is 0.167. The van der Waals surface area contributed by atoms with Crippen molar-refractivity contribution in [3.8, 4) is 11.4 Å². The Kier molecular flexibility index (Phi) is 4.65. The molecule has 0 spiro atoms. The number of aryl methyl sites for hydroxylation is 1. The van der Waals surface area contributed by atoms with E-state index in [4.69, 9.17) is 0 Å². The molecule has 3 rings (SSSR count). The minimum Gasteiger partial charge on any atom is -0.326 e. The van der Waals surface area contributed by atoms with Crippen LogP contribution in [0.3, 0.4) is 0 Å². The van der Waals surface area contributed by atoms with Gasteiger partial charge in [-0.15, -0.1) is 10.2 Å². The van der Waals surface area contributed by atoms with E-state index in [1.165, 1.54) is 12.1 Å². The average Bonchev–Trinajstić information content (AvgIpc) is 3.06. The van der Waals surface area contributed by atoms with Crippen molar-refractivity contribution in [2.24, 2.45) is 0 Å². The number of carbonyl (C=O) groups excluding carboxylic acids is 1. The second-order valence-corrected chi connectivity index (χ2v) is 5.37. The van der Waals surface area contributed by atoms with Crippen LogP contribution in [-0.4, -0.2) is 20.7 Å². The lowest BCUT2D eigenvalue weighted by Crippen LogP contribution is -2.14. The monoisotopic (exact) mass is 324 g/mol. The minimum atomic E-state index is -0.313. The van der Waals surface area contributed by atoms with Crippen molar-refractivity contribution in [3.05, 3.63) is 66.2 Å². The Morgan fingerprint density at radius 3 is 2.75 bits per heavy atom. The molecule has 0 atom stereocenters. The highest BCUT2D eigenvalue weighted by Crippen LogP contribution is 2.21. The topological polar surface area (TPSA) is 59.8 Å². The largest absolute Gasteiger partial charge is 0.326 e. The van der Waals surface area contributed by atoms with Crippen LogP contribution < -0.4 is 5.32 Å².